The van der Waals surface area contributed by atoms with Gasteiger partial charge in [-0.05, 0) is 49.8 Å². The molecule has 1 aromatic rings. The number of aryl methyl sites for hydroxylation is 1. The first-order valence-corrected chi connectivity index (χ1v) is 7.25. The molecule has 0 unspecified atom stereocenters. The van der Waals surface area contributed by atoms with E-state index in [1.165, 1.54) is 12.1 Å². The molecule has 0 spiro atoms. The molecule has 0 aliphatic heterocycles. The molecule has 1 fully saturated rings. The lowest BCUT2D eigenvalue weighted by atomic mass is 9.69. The molecular formula is C16H20F3NO. The van der Waals surface area contributed by atoms with Crippen LogP contribution in [0.15, 0.2) is 24.3 Å². The van der Waals surface area contributed by atoms with E-state index in [9.17, 15) is 18.0 Å². The Morgan fingerprint density at radius 2 is 1.86 bits per heavy atom. The molecule has 1 aliphatic carbocycles. The zero-order valence-electron chi connectivity index (χ0n) is 11.9. The van der Waals surface area contributed by atoms with Crippen molar-refractivity contribution >= 4 is 5.91 Å². The third-order valence-electron chi connectivity index (χ3n) is 4.47. The molecular weight excluding hydrogens is 279 g/mol. The standard InChI is InChI=1S/C16H20F3NO/c17-13-5-1-3-12(11-13)4-2-6-15(14(20)21)7-9-16(18,19)10-8-15/h1,3,5,11H,2,4,6-10H2,(H2,20,21). The van der Waals surface area contributed by atoms with E-state index >= 15 is 0 Å². The van der Waals surface area contributed by atoms with E-state index in [4.69, 9.17) is 5.73 Å². The van der Waals surface area contributed by atoms with Gasteiger partial charge in [0, 0.05) is 18.3 Å². The summed E-state index contributed by atoms with van der Waals surface area (Å²) in [5.74, 6) is -3.46. The average Bonchev–Trinajstić information content (AvgIpc) is 2.41. The molecule has 116 valence electrons. The van der Waals surface area contributed by atoms with Crippen LogP contribution in [0.25, 0.3) is 0 Å². The number of hydrogen-bond donors (Lipinski definition) is 1. The molecule has 2 N–H and O–H groups in total. The van der Waals surface area contributed by atoms with E-state index < -0.39 is 17.2 Å². The second-order valence-corrected chi connectivity index (χ2v) is 5.98. The van der Waals surface area contributed by atoms with Gasteiger partial charge in [-0.25, -0.2) is 13.2 Å². The number of primary amides is 1. The van der Waals surface area contributed by atoms with Crippen molar-refractivity contribution in [2.45, 2.75) is 50.9 Å². The molecule has 1 amide bonds. The van der Waals surface area contributed by atoms with Gasteiger partial charge >= 0.3 is 0 Å². The zero-order valence-corrected chi connectivity index (χ0v) is 11.9. The topological polar surface area (TPSA) is 43.1 Å². The third-order valence-corrected chi connectivity index (χ3v) is 4.47. The molecule has 0 aromatic heterocycles. The lowest BCUT2D eigenvalue weighted by molar-refractivity contribution is -0.136. The lowest BCUT2D eigenvalue weighted by Crippen LogP contribution is -2.43. The molecule has 1 aliphatic rings. The van der Waals surface area contributed by atoms with Gasteiger partial charge in [-0.1, -0.05) is 12.1 Å². The molecule has 0 saturated heterocycles. The van der Waals surface area contributed by atoms with Crippen LogP contribution in [0.5, 0.6) is 0 Å². The van der Waals surface area contributed by atoms with Crippen LogP contribution in [-0.4, -0.2) is 11.8 Å². The number of halogens is 3. The van der Waals surface area contributed by atoms with Crippen molar-refractivity contribution < 1.29 is 18.0 Å². The summed E-state index contributed by atoms with van der Waals surface area (Å²) >= 11 is 0. The fourth-order valence-electron chi connectivity index (χ4n) is 3.04. The summed E-state index contributed by atoms with van der Waals surface area (Å²) in [5.41, 5.74) is 5.47. The van der Waals surface area contributed by atoms with Gasteiger partial charge in [0.15, 0.2) is 0 Å². The molecule has 1 saturated carbocycles. The number of hydrogen-bond acceptors (Lipinski definition) is 1. The largest absolute Gasteiger partial charge is 0.369 e. The van der Waals surface area contributed by atoms with Crippen molar-refractivity contribution in [1.82, 2.24) is 0 Å². The van der Waals surface area contributed by atoms with Gasteiger partial charge in [-0.15, -0.1) is 0 Å². The quantitative estimate of drug-likeness (QED) is 0.882. The highest BCUT2D eigenvalue weighted by molar-refractivity contribution is 5.80. The van der Waals surface area contributed by atoms with E-state index in [1.54, 1.807) is 6.07 Å². The number of carbonyl (C=O) groups is 1. The molecule has 0 radical (unpaired) electrons. The molecule has 0 heterocycles. The molecule has 0 atom stereocenters. The van der Waals surface area contributed by atoms with Crippen molar-refractivity contribution in [3.05, 3.63) is 35.6 Å². The fraction of sp³-hybridized carbons (Fsp3) is 0.562. The number of benzene rings is 1. The summed E-state index contributed by atoms with van der Waals surface area (Å²) < 4.78 is 39.6. The Balaban J connectivity index is 1.94. The van der Waals surface area contributed by atoms with Crippen LogP contribution in [0.1, 0.15) is 44.1 Å². The van der Waals surface area contributed by atoms with Crippen LogP contribution < -0.4 is 5.73 Å². The molecule has 5 heteroatoms. The van der Waals surface area contributed by atoms with Crippen LogP contribution in [0, 0.1) is 11.2 Å². The van der Waals surface area contributed by atoms with Crippen LogP contribution in [0.2, 0.25) is 0 Å². The predicted molar refractivity (Wildman–Crippen MR) is 74.4 cm³/mol. The van der Waals surface area contributed by atoms with E-state index in [-0.39, 0.29) is 31.5 Å². The molecule has 2 rings (SSSR count). The summed E-state index contributed by atoms with van der Waals surface area (Å²) in [5, 5.41) is 0. The number of alkyl halides is 2. The Morgan fingerprint density at radius 1 is 1.19 bits per heavy atom. The van der Waals surface area contributed by atoms with Crippen molar-refractivity contribution in [3.8, 4) is 0 Å². The van der Waals surface area contributed by atoms with Gasteiger partial charge < -0.3 is 5.73 Å². The minimum absolute atomic E-state index is 0.137. The fourth-order valence-corrected chi connectivity index (χ4v) is 3.04. The lowest BCUT2D eigenvalue weighted by Gasteiger charge is -2.37. The van der Waals surface area contributed by atoms with Crippen LogP contribution in [-0.2, 0) is 11.2 Å². The van der Waals surface area contributed by atoms with Gasteiger partial charge in [0.2, 0.25) is 11.8 Å². The SMILES string of the molecule is NC(=O)C1(CCCc2cccc(F)c2)CCC(F)(F)CC1. The second kappa shape index (κ2) is 6.08. The summed E-state index contributed by atoms with van der Waals surface area (Å²) in [7, 11) is 0. The van der Waals surface area contributed by atoms with Gasteiger partial charge in [0.25, 0.3) is 0 Å². The first-order valence-electron chi connectivity index (χ1n) is 7.25. The highest BCUT2D eigenvalue weighted by Crippen LogP contribution is 2.46. The van der Waals surface area contributed by atoms with Gasteiger partial charge in [0.1, 0.15) is 5.82 Å². The van der Waals surface area contributed by atoms with Crippen molar-refractivity contribution in [2.24, 2.45) is 11.1 Å². The summed E-state index contributed by atoms with van der Waals surface area (Å²) in [6.45, 7) is 0. The van der Waals surface area contributed by atoms with Gasteiger partial charge in [0.05, 0.1) is 0 Å². The van der Waals surface area contributed by atoms with Gasteiger partial charge in [-0.3, -0.25) is 4.79 Å². The predicted octanol–water partition coefficient (Wildman–Crippen LogP) is 3.83. The number of carbonyl (C=O) groups excluding carboxylic acids is 1. The summed E-state index contributed by atoms with van der Waals surface area (Å²) in [6, 6.07) is 6.27. The molecule has 0 bridgehead atoms. The van der Waals surface area contributed by atoms with E-state index in [0.29, 0.717) is 19.3 Å². The Labute approximate surface area is 122 Å². The van der Waals surface area contributed by atoms with Crippen molar-refractivity contribution in [3.63, 3.8) is 0 Å². The zero-order chi connectivity index (χ0) is 15.5. The maximum Gasteiger partial charge on any atom is 0.248 e. The third kappa shape index (κ3) is 3.99. The maximum atomic E-state index is 13.2. The second-order valence-electron chi connectivity index (χ2n) is 5.98. The van der Waals surface area contributed by atoms with E-state index in [2.05, 4.69) is 0 Å². The maximum absolute atomic E-state index is 13.2. The van der Waals surface area contributed by atoms with E-state index in [0.717, 1.165) is 5.56 Å². The highest BCUT2D eigenvalue weighted by Gasteiger charge is 2.46. The van der Waals surface area contributed by atoms with Crippen LogP contribution in [0.3, 0.4) is 0 Å². The number of amides is 1. The first kappa shape index (κ1) is 15.9. The smallest absolute Gasteiger partial charge is 0.248 e. The minimum atomic E-state index is -2.68. The monoisotopic (exact) mass is 299 g/mol. The minimum Gasteiger partial charge on any atom is -0.369 e. The Hall–Kier alpha value is -1.52. The van der Waals surface area contributed by atoms with Crippen LogP contribution in [0.4, 0.5) is 13.2 Å². The highest BCUT2D eigenvalue weighted by atomic mass is 19.3. The normalized spacial score (nSPS) is 20.1. The molecule has 1 aromatic carbocycles. The number of rotatable bonds is 5. The summed E-state index contributed by atoms with van der Waals surface area (Å²) in [4.78, 5) is 11.7. The summed E-state index contributed by atoms with van der Waals surface area (Å²) in [6.07, 6.45) is 1.44. The molecule has 2 nitrogen and oxygen atoms in total. The number of nitrogens with two attached hydrogens (primary N) is 1. The van der Waals surface area contributed by atoms with Crippen LogP contribution >= 0.6 is 0 Å². The van der Waals surface area contributed by atoms with Crippen molar-refractivity contribution in [1.29, 1.82) is 0 Å². The Bertz CT molecular complexity index is 506. The van der Waals surface area contributed by atoms with Crippen molar-refractivity contribution in [2.75, 3.05) is 0 Å². The average molecular weight is 299 g/mol. The first-order chi connectivity index (χ1) is 9.83. The van der Waals surface area contributed by atoms with E-state index in [1.807, 2.05) is 6.07 Å². The van der Waals surface area contributed by atoms with Gasteiger partial charge in [-0.2, -0.15) is 0 Å². The molecule has 21 heavy (non-hydrogen) atoms. The Kier molecular flexibility index (Phi) is 4.59. The Morgan fingerprint density at radius 3 is 2.43 bits per heavy atom.